The van der Waals surface area contributed by atoms with Crippen molar-refractivity contribution in [2.24, 2.45) is 0 Å². The van der Waals surface area contributed by atoms with Gasteiger partial charge in [0.25, 0.3) is 11.8 Å². The van der Waals surface area contributed by atoms with Crippen molar-refractivity contribution in [3.8, 4) is 0 Å². The summed E-state index contributed by atoms with van der Waals surface area (Å²) in [5.41, 5.74) is 0.463. The van der Waals surface area contributed by atoms with Gasteiger partial charge in [0.2, 0.25) is 0 Å². The molecule has 1 aliphatic rings. The molecule has 2 rings (SSSR count). The summed E-state index contributed by atoms with van der Waals surface area (Å²) in [6, 6.07) is 8.07. The Morgan fingerprint density at radius 2 is 1.95 bits per heavy atom. The van der Waals surface area contributed by atoms with Gasteiger partial charge in [-0.05, 0) is 12.1 Å². The van der Waals surface area contributed by atoms with Crippen LogP contribution in [0.3, 0.4) is 0 Å². The van der Waals surface area contributed by atoms with Crippen molar-refractivity contribution < 1.29 is 29.3 Å². The van der Waals surface area contributed by atoms with Crippen LogP contribution in [0.4, 0.5) is 4.79 Å². The Kier molecular flexibility index (Phi) is 4.95. The van der Waals surface area contributed by atoms with Crippen LogP contribution in [-0.2, 0) is 9.53 Å². The molecule has 118 valence electrons. The first kappa shape index (κ1) is 15.8. The highest BCUT2D eigenvalue weighted by molar-refractivity contribution is 5.94. The Balaban J connectivity index is 2.02. The highest BCUT2D eigenvalue weighted by atomic mass is 16.7. The number of ether oxygens (including phenoxy) is 1. The maximum Gasteiger partial charge on any atom is 0.507 e. The number of hydrogen-bond acceptors (Lipinski definition) is 5. The number of carbonyl (C=O) groups excluding carboxylic acids is 2. The van der Waals surface area contributed by atoms with Gasteiger partial charge in [0.15, 0.2) is 6.23 Å². The third kappa shape index (κ3) is 3.73. The van der Waals surface area contributed by atoms with E-state index in [1.54, 1.807) is 30.3 Å². The molecule has 1 heterocycles. The van der Waals surface area contributed by atoms with E-state index in [1.165, 1.54) is 0 Å². The van der Waals surface area contributed by atoms with Crippen LogP contribution < -0.4 is 5.32 Å². The number of rotatable bonds is 4. The summed E-state index contributed by atoms with van der Waals surface area (Å²) in [7, 11) is 0. The minimum Gasteiger partial charge on any atom is -0.450 e. The second kappa shape index (κ2) is 6.90. The van der Waals surface area contributed by atoms with Gasteiger partial charge in [-0.1, -0.05) is 18.2 Å². The van der Waals surface area contributed by atoms with E-state index in [-0.39, 0.29) is 18.9 Å². The number of likely N-dealkylation sites (tertiary alicyclic amines) is 1. The molecule has 8 heteroatoms. The average Bonchev–Trinajstić information content (AvgIpc) is 2.89. The van der Waals surface area contributed by atoms with Gasteiger partial charge in [-0.3, -0.25) is 9.59 Å². The van der Waals surface area contributed by atoms with Gasteiger partial charge in [0.05, 0.1) is 6.04 Å². The molecule has 0 saturated carbocycles. The monoisotopic (exact) mass is 308 g/mol. The highest BCUT2D eigenvalue weighted by Gasteiger charge is 2.38. The Bertz CT molecular complexity index is 562. The number of carbonyl (C=O) groups is 3. The molecular formula is C14H16N2O6. The molecule has 1 aromatic rings. The van der Waals surface area contributed by atoms with Crippen LogP contribution in [0.2, 0.25) is 0 Å². The third-order valence-electron chi connectivity index (χ3n) is 3.31. The van der Waals surface area contributed by atoms with E-state index in [2.05, 4.69) is 10.1 Å². The molecule has 0 bridgehead atoms. The molecule has 1 fully saturated rings. The molecule has 0 aliphatic carbocycles. The van der Waals surface area contributed by atoms with Crippen molar-refractivity contribution in [2.75, 3.05) is 13.2 Å². The highest BCUT2D eigenvalue weighted by Crippen LogP contribution is 2.20. The van der Waals surface area contributed by atoms with Crippen LogP contribution in [0.1, 0.15) is 16.8 Å². The van der Waals surface area contributed by atoms with E-state index < -0.39 is 30.9 Å². The Hall–Kier alpha value is -2.61. The molecule has 1 aromatic carbocycles. The lowest BCUT2D eigenvalue weighted by molar-refractivity contribution is -0.141. The molecule has 2 atom stereocenters. The fourth-order valence-corrected chi connectivity index (χ4v) is 2.34. The van der Waals surface area contributed by atoms with Gasteiger partial charge in [-0.15, -0.1) is 0 Å². The fourth-order valence-electron chi connectivity index (χ4n) is 2.34. The molecule has 2 amide bonds. The van der Waals surface area contributed by atoms with Gasteiger partial charge in [-0.25, -0.2) is 4.79 Å². The Labute approximate surface area is 126 Å². The van der Waals surface area contributed by atoms with Gasteiger partial charge in [0, 0.05) is 18.5 Å². The van der Waals surface area contributed by atoms with Crippen LogP contribution in [0.5, 0.6) is 0 Å². The van der Waals surface area contributed by atoms with Gasteiger partial charge in [-0.2, -0.15) is 0 Å². The number of hydrogen-bond donors (Lipinski definition) is 3. The number of benzene rings is 1. The van der Waals surface area contributed by atoms with E-state index >= 15 is 0 Å². The predicted molar refractivity (Wildman–Crippen MR) is 74.0 cm³/mol. The second-order valence-electron chi connectivity index (χ2n) is 4.81. The number of nitrogens with one attached hydrogen (secondary N) is 1. The zero-order chi connectivity index (χ0) is 16.1. The average molecular weight is 308 g/mol. The van der Waals surface area contributed by atoms with Crippen molar-refractivity contribution >= 4 is 18.0 Å². The van der Waals surface area contributed by atoms with E-state index in [9.17, 15) is 14.4 Å². The van der Waals surface area contributed by atoms with Crippen LogP contribution in [-0.4, -0.2) is 58.5 Å². The topological polar surface area (TPSA) is 116 Å². The largest absolute Gasteiger partial charge is 0.507 e. The van der Waals surface area contributed by atoms with Crippen LogP contribution in [0, 0.1) is 0 Å². The lowest BCUT2D eigenvalue weighted by Crippen LogP contribution is -2.41. The summed E-state index contributed by atoms with van der Waals surface area (Å²) in [6.45, 7) is -0.672. The lowest BCUT2D eigenvalue weighted by atomic mass is 10.2. The summed E-state index contributed by atoms with van der Waals surface area (Å²) in [5.74, 6) is -0.972. The van der Waals surface area contributed by atoms with E-state index in [0.29, 0.717) is 5.56 Å². The van der Waals surface area contributed by atoms with Gasteiger partial charge >= 0.3 is 6.16 Å². The maximum atomic E-state index is 12.1. The Morgan fingerprint density at radius 1 is 1.27 bits per heavy atom. The zero-order valence-electron chi connectivity index (χ0n) is 11.6. The Morgan fingerprint density at radius 3 is 2.55 bits per heavy atom. The minimum absolute atomic E-state index is 0.0793. The number of carboxylic acid groups (broad SMARTS) is 1. The molecule has 22 heavy (non-hydrogen) atoms. The first-order chi connectivity index (χ1) is 10.5. The summed E-state index contributed by atoms with van der Waals surface area (Å²) in [5, 5.41) is 20.3. The standard InChI is InChI=1S/C14H16N2O6/c17-8-11(18)16-7-10(6-12(16)22-14(20)21)15-13(19)9-4-2-1-3-5-9/h1-5,10,12,17H,6-8H2,(H,15,19)(H,20,21). The summed E-state index contributed by atoms with van der Waals surface area (Å²) in [4.78, 5) is 35.4. The quantitative estimate of drug-likeness (QED) is 0.676. The third-order valence-corrected chi connectivity index (χ3v) is 3.31. The predicted octanol–water partition coefficient (Wildman–Crippen LogP) is 0.0303. The van der Waals surface area contributed by atoms with Crippen molar-refractivity contribution in [2.45, 2.75) is 18.7 Å². The molecule has 2 unspecified atom stereocenters. The first-order valence-corrected chi connectivity index (χ1v) is 6.67. The number of nitrogens with zero attached hydrogens (tertiary/aromatic N) is 1. The van der Waals surface area contributed by atoms with E-state index in [0.717, 1.165) is 4.90 Å². The van der Waals surface area contributed by atoms with Crippen molar-refractivity contribution in [3.05, 3.63) is 35.9 Å². The van der Waals surface area contributed by atoms with Gasteiger partial charge < -0.3 is 25.2 Å². The molecule has 0 aromatic heterocycles. The molecule has 0 spiro atoms. The number of aliphatic hydroxyl groups is 1. The summed E-state index contributed by atoms with van der Waals surface area (Å²) < 4.78 is 4.62. The van der Waals surface area contributed by atoms with Crippen molar-refractivity contribution in [1.29, 1.82) is 0 Å². The molecule has 1 saturated heterocycles. The SMILES string of the molecule is O=C(O)OC1CC(NC(=O)c2ccccc2)CN1C(=O)CO. The fraction of sp³-hybridized carbons (Fsp3) is 0.357. The lowest BCUT2D eigenvalue weighted by Gasteiger charge is -2.21. The number of amides is 2. The molecule has 8 nitrogen and oxygen atoms in total. The van der Waals surface area contributed by atoms with E-state index in [1.807, 2.05) is 0 Å². The first-order valence-electron chi connectivity index (χ1n) is 6.67. The smallest absolute Gasteiger partial charge is 0.450 e. The maximum absolute atomic E-state index is 12.1. The molecule has 1 aliphatic heterocycles. The van der Waals surface area contributed by atoms with Crippen molar-refractivity contribution in [3.63, 3.8) is 0 Å². The molecular weight excluding hydrogens is 292 g/mol. The van der Waals surface area contributed by atoms with Crippen LogP contribution in [0.15, 0.2) is 30.3 Å². The molecule has 0 radical (unpaired) electrons. The van der Waals surface area contributed by atoms with Gasteiger partial charge in [0.1, 0.15) is 6.61 Å². The second-order valence-corrected chi connectivity index (χ2v) is 4.81. The van der Waals surface area contributed by atoms with Crippen molar-refractivity contribution in [1.82, 2.24) is 10.2 Å². The summed E-state index contributed by atoms with van der Waals surface area (Å²) in [6.07, 6.45) is -2.40. The minimum atomic E-state index is -1.52. The zero-order valence-corrected chi connectivity index (χ0v) is 11.6. The summed E-state index contributed by atoms with van der Waals surface area (Å²) >= 11 is 0. The van der Waals surface area contributed by atoms with Crippen LogP contribution in [0.25, 0.3) is 0 Å². The number of aliphatic hydroxyl groups excluding tert-OH is 1. The van der Waals surface area contributed by atoms with Crippen LogP contribution >= 0.6 is 0 Å². The van der Waals surface area contributed by atoms with E-state index in [4.69, 9.17) is 10.2 Å². The molecule has 3 N–H and O–H groups in total. The normalized spacial score (nSPS) is 20.5.